The molecule has 0 saturated carbocycles. The van der Waals surface area contributed by atoms with Crippen molar-refractivity contribution in [3.8, 4) is 0 Å². The number of carbonyl (C=O) groups excluding carboxylic acids is 1. The van der Waals surface area contributed by atoms with Crippen molar-refractivity contribution in [2.75, 3.05) is 6.54 Å². The molecule has 0 spiro atoms. The Labute approximate surface area is 151 Å². The summed E-state index contributed by atoms with van der Waals surface area (Å²) in [7, 11) is 0. The third kappa shape index (κ3) is 7.00. The van der Waals surface area contributed by atoms with Gasteiger partial charge in [0.15, 0.2) is 0 Å². The third-order valence-corrected chi connectivity index (χ3v) is 4.36. The number of urea groups is 1. The Morgan fingerprint density at radius 1 is 0.800 bits per heavy atom. The van der Waals surface area contributed by atoms with E-state index in [0.29, 0.717) is 0 Å². The summed E-state index contributed by atoms with van der Waals surface area (Å²) in [6.45, 7) is 2.95. The number of carbonyl (C=O) groups is 1. The normalized spacial score (nSPS) is 10.6. The summed E-state index contributed by atoms with van der Waals surface area (Å²) in [6.07, 6.45) is 7.35. The number of nitrogens with one attached hydrogen (secondary N) is 2. The largest absolute Gasteiger partial charge is 0.338 e. The molecule has 3 nitrogen and oxygen atoms in total. The smallest absolute Gasteiger partial charge is 0.315 e. The Morgan fingerprint density at radius 2 is 1.32 bits per heavy atom. The molecule has 2 aromatic carbocycles. The van der Waals surface area contributed by atoms with Gasteiger partial charge >= 0.3 is 6.03 Å². The predicted molar refractivity (Wildman–Crippen MR) is 105 cm³/mol. The van der Waals surface area contributed by atoms with Crippen LogP contribution in [0.1, 0.15) is 62.6 Å². The molecule has 0 aliphatic carbocycles. The fourth-order valence-corrected chi connectivity index (χ4v) is 2.94. The topological polar surface area (TPSA) is 41.1 Å². The van der Waals surface area contributed by atoms with Crippen molar-refractivity contribution >= 4 is 6.03 Å². The van der Waals surface area contributed by atoms with E-state index in [1.165, 1.54) is 32.1 Å². The monoisotopic (exact) mass is 338 g/mol. The SMILES string of the molecule is CCCCCCCCNC(=O)NC(c1ccccc1)c1ccccc1. The van der Waals surface area contributed by atoms with Gasteiger partial charge in [-0.15, -0.1) is 0 Å². The zero-order valence-electron chi connectivity index (χ0n) is 15.2. The van der Waals surface area contributed by atoms with Gasteiger partial charge in [0.25, 0.3) is 0 Å². The highest BCUT2D eigenvalue weighted by molar-refractivity contribution is 5.75. The standard InChI is InChI=1S/C22H30N2O/c1-2-3-4-5-6-13-18-23-22(25)24-21(19-14-9-7-10-15-19)20-16-11-8-12-17-20/h7-12,14-17,21H,2-6,13,18H2,1H3,(H2,23,24,25). The van der Waals surface area contributed by atoms with Crippen molar-refractivity contribution in [1.82, 2.24) is 10.6 Å². The molecular formula is C22H30N2O. The molecule has 134 valence electrons. The summed E-state index contributed by atoms with van der Waals surface area (Å²) in [5.74, 6) is 0. The molecule has 0 aliphatic heterocycles. The molecule has 2 N–H and O–H groups in total. The van der Waals surface area contributed by atoms with Gasteiger partial charge in [-0.2, -0.15) is 0 Å². The molecule has 0 radical (unpaired) electrons. The maximum atomic E-state index is 12.3. The lowest BCUT2D eigenvalue weighted by atomic mass is 9.99. The Kier molecular flexibility index (Phi) is 8.60. The summed E-state index contributed by atoms with van der Waals surface area (Å²) < 4.78 is 0. The van der Waals surface area contributed by atoms with Crippen molar-refractivity contribution in [3.63, 3.8) is 0 Å². The molecule has 25 heavy (non-hydrogen) atoms. The molecule has 2 rings (SSSR count). The average Bonchev–Trinajstić information content (AvgIpc) is 2.67. The molecule has 0 heterocycles. The van der Waals surface area contributed by atoms with E-state index >= 15 is 0 Å². The van der Waals surface area contributed by atoms with E-state index in [1.807, 2.05) is 60.7 Å². The van der Waals surface area contributed by atoms with Crippen LogP contribution in [-0.4, -0.2) is 12.6 Å². The minimum absolute atomic E-state index is 0.105. The van der Waals surface area contributed by atoms with Gasteiger partial charge in [-0.3, -0.25) is 0 Å². The highest BCUT2D eigenvalue weighted by Crippen LogP contribution is 2.21. The zero-order chi connectivity index (χ0) is 17.7. The van der Waals surface area contributed by atoms with Crippen molar-refractivity contribution in [1.29, 1.82) is 0 Å². The Morgan fingerprint density at radius 3 is 1.88 bits per heavy atom. The second-order valence-electron chi connectivity index (χ2n) is 6.42. The quantitative estimate of drug-likeness (QED) is 0.557. The van der Waals surface area contributed by atoms with Crippen LogP contribution in [0.25, 0.3) is 0 Å². The lowest BCUT2D eigenvalue weighted by molar-refractivity contribution is 0.238. The average molecular weight is 338 g/mol. The molecule has 2 amide bonds. The minimum atomic E-state index is -0.132. The van der Waals surface area contributed by atoms with E-state index in [9.17, 15) is 4.79 Å². The zero-order valence-corrected chi connectivity index (χ0v) is 15.2. The molecule has 0 fully saturated rings. The summed E-state index contributed by atoms with van der Waals surface area (Å²) in [6, 6.07) is 19.9. The van der Waals surface area contributed by atoms with Gasteiger partial charge in [0.2, 0.25) is 0 Å². The number of rotatable bonds is 10. The fourth-order valence-electron chi connectivity index (χ4n) is 2.94. The van der Waals surface area contributed by atoms with Gasteiger partial charge in [0.1, 0.15) is 0 Å². The molecule has 0 unspecified atom stereocenters. The third-order valence-electron chi connectivity index (χ3n) is 4.36. The lowest BCUT2D eigenvalue weighted by Crippen LogP contribution is -2.38. The van der Waals surface area contributed by atoms with E-state index in [1.54, 1.807) is 0 Å². The molecular weight excluding hydrogens is 308 g/mol. The predicted octanol–water partition coefficient (Wildman–Crippen LogP) is 5.44. The highest BCUT2D eigenvalue weighted by atomic mass is 16.2. The van der Waals surface area contributed by atoms with E-state index in [2.05, 4.69) is 17.6 Å². The van der Waals surface area contributed by atoms with Crippen LogP contribution in [0.4, 0.5) is 4.79 Å². The molecule has 0 atom stereocenters. The molecule has 0 bridgehead atoms. The summed E-state index contributed by atoms with van der Waals surface area (Å²) in [5.41, 5.74) is 2.17. The first-order chi connectivity index (χ1) is 12.3. The van der Waals surface area contributed by atoms with Crippen LogP contribution in [0.5, 0.6) is 0 Å². The van der Waals surface area contributed by atoms with Gasteiger partial charge < -0.3 is 10.6 Å². The Hall–Kier alpha value is -2.29. The Bertz CT molecular complexity index is 558. The Balaban J connectivity index is 1.84. The lowest BCUT2D eigenvalue weighted by Gasteiger charge is -2.20. The number of hydrogen-bond acceptors (Lipinski definition) is 1. The van der Waals surface area contributed by atoms with Crippen LogP contribution < -0.4 is 10.6 Å². The second kappa shape index (κ2) is 11.3. The van der Waals surface area contributed by atoms with Gasteiger partial charge in [-0.05, 0) is 17.5 Å². The highest BCUT2D eigenvalue weighted by Gasteiger charge is 2.15. The van der Waals surface area contributed by atoms with Crippen molar-refractivity contribution in [2.45, 2.75) is 51.5 Å². The van der Waals surface area contributed by atoms with Crippen molar-refractivity contribution in [2.24, 2.45) is 0 Å². The summed E-state index contributed by atoms with van der Waals surface area (Å²) in [5, 5.41) is 6.10. The van der Waals surface area contributed by atoms with Crippen molar-refractivity contribution in [3.05, 3.63) is 71.8 Å². The first-order valence-electron chi connectivity index (χ1n) is 9.45. The summed E-state index contributed by atoms with van der Waals surface area (Å²) >= 11 is 0. The fraction of sp³-hybridized carbons (Fsp3) is 0.409. The molecule has 3 heteroatoms. The molecule has 0 saturated heterocycles. The van der Waals surface area contributed by atoms with Gasteiger partial charge in [0, 0.05) is 6.54 Å². The number of hydrogen-bond donors (Lipinski definition) is 2. The first-order valence-corrected chi connectivity index (χ1v) is 9.45. The number of amides is 2. The van der Waals surface area contributed by atoms with Crippen LogP contribution in [0.3, 0.4) is 0 Å². The van der Waals surface area contributed by atoms with Gasteiger partial charge in [-0.25, -0.2) is 4.79 Å². The molecule has 0 aromatic heterocycles. The second-order valence-corrected chi connectivity index (χ2v) is 6.42. The van der Waals surface area contributed by atoms with E-state index in [4.69, 9.17) is 0 Å². The van der Waals surface area contributed by atoms with Gasteiger partial charge in [-0.1, -0.05) is 99.7 Å². The van der Waals surface area contributed by atoms with Gasteiger partial charge in [0.05, 0.1) is 6.04 Å². The van der Waals surface area contributed by atoms with E-state index < -0.39 is 0 Å². The van der Waals surface area contributed by atoms with Crippen LogP contribution in [0, 0.1) is 0 Å². The van der Waals surface area contributed by atoms with E-state index in [0.717, 1.165) is 24.1 Å². The molecule has 2 aromatic rings. The van der Waals surface area contributed by atoms with Crippen LogP contribution >= 0.6 is 0 Å². The minimum Gasteiger partial charge on any atom is -0.338 e. The molecule has 0 aliphatic rings. The van der Waals surface area contributed by atoms with Crippen molar-refractivity contribution < 1.29 is 4.79 Å². The number of unbranched alkanes of at least 4 members (excludes halogenated alkanes) is 5. The maximum absolute atomic E-state index is 12.3. The number of benzene rings is 2. The first kappa shape index (κ1) is 19.0. The van der Waals surface area contributed by atoms with E-state index in [-0.39, 0.29) is 12.1 Å². The summed E-state index contributed by atoms with van der Waals surface area (Å²) in [4.78, 5) is 12.3. The van der Waals surface area contributed by atoms with Crippen LogP contribution in [-0.2, 0) is 0 Å². The van der Waals surface area contributed by atoms with Crippen LogP contribution in [0.2, 0.25) is 0 Å². The maximum Gasteiger partial charge on any atom is 0.315 e. The van der Waals surface area contributed by atoms with Crippen LogP contribution in [0.15, 0.2) is 60.7 Å².